The molecule has 1 aromatic carbocycles. The van der Waals surface area contributed by atoms with E-state index >= 15 is 0 Å². The lowest BCUT2D eigenvalue weighted by Crippen LogP contribution is -2.05. The van der Waals surface area contributed by atoms with E-state index in [1.807, 2.05) is 31.2 Å². The smallest absolute Gasteiger partial charge is 0.257 e. The number of hydrogen-bond donors (Lipinski definition) is 0. The van der Waals surface area contributed by atoms with E-state index in [-0.39, 0.29) is 10.8 Å². The van der Waals surface area contributed by atoms with Gasteiger partial charge in [0, 0.05) is 11.0 Å². The van der Waals surface area contributed by atoms with Crippen LogP contribution in [0.25, 0.3) is 4.91 Å². The van der Waals surface area contributed by atoms with Crippen molar-refractivity contribution in [1.29, 1.82) is 0 Å². The number of carbonyl (C=O) groups is 1. The minimum absolute atomic E-state index is 0.147. The third-order valence-electron chi connectivity index (χ3n) is 2.46. The summed E-state index contributed by atoms with van der Waals surface area (Å²) in [6.45, 7) is 1.32. The van der Waals surface area contributed by atoms with Gasteiger partial charge in [0.15, 0.2) is 0 Å². The number of rotatable bonds is 3. The summed E-state index contributed by atoms with van der Waals surface area (Å²) in [6, 6.07) is 7.63. The first-order chi connectivity index (χ1) is 8.58. The molecule has 0 bridgehead atoms. The molecule has 1 aliphatic heterocycles. The number of thioether (sulfide) groups is 1. The number of aliphatic imine (C=N–C) groups is 1. The Kier molecular flexibility index (Phi) is 3.91. The van der Waals surface area contributed by atoms with Crippen LogP contribution in [0.4, 0.5) is 8.78 Å². The van der Waals surface area contributed by atoms with Gasteiger partial charge in [0.2, 0.25) is 5.78 Å². The van der Waals surface area contributed by atoms with Crippen LogP contribution in [0.1, 0.15) is 11.1 Å². The van der Waals surface area contributed by atoms with Gasteiger partial charge in [0.1, 0.15) is 11.6 Å². The summed E-state index contributed by atoms with van der Waals surface area (Å²) in [5.41, 5.74) is 1.98. The highest BCUT2D eigenvalue weighted by molar-refractivity contribution is 8.24. The summed E-state index contributed by atoms with van der Waals surface area (Å²) in [7, 11) is 0. The molecule has 0 saturated heterocycles. The van der Waals surface area contributed by atoms with E-state index in [1.165, 1.54) is 6.08 Å². The third kappa shape index (κ3) is 2.85. The molecule has 1 heterocycles. The van der Waals surface area contributed by atoms with E-state index in [0.717, 1.165) is 27.8 Å². The van der Waals surface area contributed by atoms with Gasteiger partial charge in [-0.25, -0.2) is 8.78 Å². The van der Waals surface area contributed by atoms with E-state index in [2.05, 4.69) is 4.99 Å². The van der Waals surface area contributed by atoms with Crippen molar-refractivity contribution in [3.8, 4) is 0 Å². The summed E-state index contributed by atoms with van der Waals surface area (Å²) in [6.07, 6.45) is -1.06. The standard InChI is InChI=1S/C13H11F2NOS/c1-8-4-2-3-5-9(8)11-6-10(17)13(18-11)16-7-12(14)15/h2-6,12H,7H2,1H3. The zero-order chi connectivity index (χ0) is 13.1. The molecule has 1 aliphatic rings. The van der Waals surface area contributed by atoms with Crippen molar-refractivity contribution in [2.45, 2.75) is 13.3 Å². The molecular weight excluding hydrogens is 256 g/mol. The minimum atomic E-state index is -2.52. The molecule has 0 aliphatic carbocycles. The molecule has 94 valence electrons. The molecule has 18 heavy (non-hydrogen) atoms. The van der Waals surface area contributed by atoms with E-state index in [4.69, 9.17) is 0 Å². The Morgan fingerprint density at radius 2 is 2.06 bits per heavy atom. The van der Waals surface area contributed by atoms with Crippen LogP contribution < -0.4 is 0 Å². The maximum absolute atomic E-state index is 12.1. The summed E-state index contributed by atoms with van der Waals surface area (Å²) < 4.78 is 24.1. The fourth-order valence-corrected chi connectivity index (χ4v) is 2.62. The van der Waals surface area contributed by atoms with Gasteiger partial charge in [0.25, 0.3) is 6.43 Å². The van der Waals surface area contributed by atoms with Gasteiger partial charge >= 0.3 is 0 Å². The molecule has 0 spiro atoms. The van der Waals surface area contributed by atoms with Crippen molar-refractivity contribution in [2.75, 3.05) is 6.54 Å². The predicted molar refractivity (Wildman–Crippen MR) is 70.1 cm³/mol. The molecule has 0 atom stereocenters. The Bertz CT molecular complexity index is 538. The van der Waals surface area contributed by atoms with E-state index in [9.17, 15) is 13.6 Å². The van der Waals surface area contributed by atoms with Gasteiger partial charge in [0.05, 0.1) is 0 Å². The quantitative estimate of drug-likeness (QED) is 0.840. The molecular formula is C13H11F2NOS. The molecule has 1 aromatic rings. The zero-order valence-electron chi connectivity index (χ0n) is 9.69. The SMILES string of the molecule is Cc1ccccc1C1=CC(=O)C(=NCC(F)F)S1. The van der Waals surface area contributed by atoms with Crippen LogP contribution in [0.5, 0.6) is 0 Å². The molecule has 0 saturated carbocycles. The van der Waals surface area contributed by atoms with E-state index in [1.54, 1.807) is 0 Å². The highest BCUT2D eigenvalue weighted by Gasteiger charge is 2.23. The monoisotopic (exact) mass is 267 g/mol. The number of nitrogens with zero attached hydrogens (tertiary/aromatic N) is 1. The van der Waals surface area contributed by atoms with Crippen molar-refractivity contribution < 1.29 is 13.6 Å². The topological polar surface area (TPSA) is 29.4 Å². The number of carbonyl (C=O) groups excluding carboxylic acids is 1. The second-order valence-electron chi connectivity index (χ2n) is 3.83. The summed E-state index contributed by atoms with van der Waals surface area (Å²) in [5.74, 6) is -0.293. The largest absolute Gasteiger partial charge is 0.287 e. The fourth-order valence-electron chi connectivity index (χ4n) is 1.61. The number of benzene rings is 1. The second kappa shape index (κ2) is 5.44. The maximum Gasteiger partial charge on any atom is 0.257 e. The summed E-state index contributed by atoms with van der Waals surface area (Å²) in [5, 5.41) is 0.147. The van der Waals surface area contributed by atoms with Gasteiger partial charge in [-0.1, -0.05) is 36.0 Å². The Morgan fingerprint density at radius 3 is 2.72 bits per heavy atom. The number of hydrogen-bond acceptors (Lipinski definition) is 3. The van der Waals surface area contributed by atoms with Gasteiger partial charge in [-0.05, 0) is 18.1 Å². The van der Waals surface area contributed by atoms with Crippen LogP contribution in [-0.4, -0.2) is 23.8 Å². The second-order valence-corrected chi connectivity index (χ2v) is 4.86. The summed E-state index contributed by atoms with van der Waals surface area (Å²) >= 11 is 1.16. The highest BCUT2D eigenvalue weighted by Crippen LogP contribution is 2.35. The van der Waals surface area contributed by atoms with Gasteiger partial charge in [-0.2, -0.15) is 0 Å². The number of ketones is 1. The van der Waals surface area contributed by atoms with Crippen molar-refractivity contribution in [3.63, 3.8) is 0 Å². The van der Waals surface area contributed by atoms with Crippen molar-refractivity contribution in [3.05, 3.63) is 41.5 Å². The number of alkyl halides is 2. The van der Waals surface area contributed by atoms with Crippen molar-refractivity contribution in [2.24, 2.45) is 4.99 Å². The van der Waals surface area contributed by atoms with Crippen LogP contribution in [-0.2, 0) is 4.79 Å². The normalized spacial score (nSPS) is 17.7. The fraction of sp³-hybridized carbons (Fsp3) is 0.231. The molecule has 0 radical (unpaired) electrons. The Labute approximate surface area is 108 Å². The average Bonchev–Trinajstić information content (AvgIpc) is 2.68. The molecule has 0 N–H and O–H groups in total. The summed E-state index contributed by atoms with van der Waals surface area (Å²) in [4.78, 5) is 16.0. The number of halogens is 2. The lowest BCUT2D eigenvalue weighted by Gasteiger charge is -2.04. The van der Waals surface area contributed by atoms with Crippen LogP contribution >= 0.6 is 11.8 Å². The van der Waals surface area contributed by atoms with E-state index in [0.29, 0.717) is 0 Å². The van der Waals surface area contributed by atoms with Crippen LogP contribution in [0, 0.1) is 6.92 Å². The van der Waals surface area contributed by atoms with E-state index < -0.39 is 13.0 Å². The average molecular weight is 267 g/mol. The molecule has 0 fully saturated rings. The third-order valence-corrected chi connectivity index (χ3v) is 3.54. The van der Waals surface area contributed by atoms with Crippen molar-refractivity contribution in [1.82, 2.24) is 0 Å². The molecule has 2 nitrogen and oxygen atoms in total. The Hall–Kier alpha value is -1.49. The van der Waals surface area contributed by atoms with Crippen LogP contribution in [0.15, 0.2) is 35.3 Å². The number of aryl methyl sites for hydroxylation is 1. The maximum atomic E-state index is 12.1. The lowest BCUT2D eigenvalue weighted by molar-refractivity contribution is -0.108. The van der Waals surface area contributed by atoms with Gasteiger partial charge in [-0.3, -0.25) is 9.79 Å². The number of allylic oxidation sites excluding steroid dienone is 1. The van der Waals surface area contributed by atoms with Gasteiger partial charge in [-0.15, -0.1) is 0 Å². The highest BCUT2D eigenvalue weighted by atomic mass is 32.2. The molecule has 0 aromatic heterocycles. The lowest BCUT2D eigenvalue weighted by atomic mass is 10.1. The molecule has 0 unspecified atom stereocenters. The Morgan fingerprint density at radius 1 is 1.33 bits per heavy atom. The predicted octanol–water partition coefficient (Wildman–Crippen LogP) is 3.32. The molecule has 2 rings (SSSR count). The Balaban J connectivity index is 2.20. The first kappa shape index (κ1) is 13.0. The first-order valence-corrected chi connectivity index (χ1v) is 6.22. The van der Waals surface area contributed by atoms with Crippen LogP contribution in [0.2, 0.25) is 0 Å². The van der Waals surface area contributed by atoms with Crippen molar-refractivity contribution >= 4 is 27.5 Å². The molecule has 0 amide bonds. The first-order valence-electron chi connectivity index (χ1n) is 5.40. The molecule has 5 heteroatoms. The van der Waals surface area contributed by atoms with Crippen LogP contribution in [0.3, 0.4) is 0 Å². The minimum Gasteiger partial charge on any atom is -0.287 e. The van der Waals surface area contributed by atoms with Gasteiger partial charge < -0.3 is 0 Å². The zero-order valence-corrected chi connectivity index (χ0v) is 10.5.